The lowest BCUT2D eigenvalue weighted by Crippen LogP contribution is -2.30. The second-order valence-electron chi connectivity index (χ2n) is 4.82. The number of fused-ring (bicyclic) bond motifs is 1. The molecule has 0 atom stereocenters. The second-order valence-corrected chi connectivity index (χ2v) is 4.82. The molecule has 1 nitrogen and oxygen atoms in total. The molecule has 0 aliphatic rings. The van der Waals surface area contributed by atoms with Gasteiger partial charge in [0.25, 0.3) is 0 Å². The SMILES string of the molecule is Cc1ccccc1-c1c2ccc(F)cc2cc[n+]1C. The minimum absolute atomic E-state index is 0.197. The molecular weight excluding hydrogens is 237 g/mol. The summed E-state index contributed by atoms with van der Waals surface area (Å²) in [5.41, 5.74) is 3.52. The van der Waals surface area contributed by atoms with Crippen molar-refractivity contribution in [1.82, 2.24) is 0 Å². The second kappa shape index (κ2) is 4.47. The van der Waals surface area contributed by atoms with E-state index in [1.54, 1.807) is 6.07 Å². The number of rotatable bonds is 1. The van der Waals surface area contributed by atoms with Crippen molar-refractivity contribution in [3.63, 3.8) is 0 Å². The molecule has 0 aliphatic heterocycles. The van der Waals surface area contributed by atoms with Crippen LogP contribution in [0.5, 0.6) is 0 Å². The Bertz CT molecular complexity index is 762. The molecule has 0 saturated carbocycles. The highest BCUT2D eigenvalue weighted by molar-refractivity contribution is 5.93. The van der Waals surface area contributed by atoms with Gasteiger partial charge in [-0.05, 0) is 42.1 Å². The number of halogens is 1. The number of benzene rings is 2. The highest BCUT2D eigenvalue weighted by atomic mass is 19.1. The summed E-state index contributed by atoms with van der Waals surface area (Å²) in [6.07, 6.45) is 1.98. The minimum Gasteiger partial charge on any atom is -0.207 e. The molecule has 0 fully saturated rings. The Morgan fingerprint density at radius 1 is 1.00 bits per heavy atom. The third-order valence-corrected chi connectivity index (χ3v) is 3.50. The van der Waals surface area contributed by atoms with Crippen LogP contribution in [0.3, 0.4) is 0 Å². The van der Waals surface area contributed by atoms with Gasteiger partial charge in [0.2, 0.25) is 5.69 Å². The predicted octanol–water partition coefficient (Wildman–Crippen LogP) is 3.78. The number of hydrogen-bond acceptors (Lipinski definition) is 0. The van der Waals surface area contributed by atoms with E-state index < -0.39 is 0 Å². The van der Waals surface area contributed by atoms with Gasteiger partial charge >= 0.3 is 0 Å². The van der Waals surface area contributed by atoms with E-state index >= 15 is 0 Å². The van der Waals surface area contributed by atoms with Crippen molar-refractivity contribution in [3.05, 3.63) is 66.1 Å². The Morgan fingerprint density at radius 2 is 1.79 bits per heavy atom. The number of aromatic nitrogens is 1. The first-order valence-electron chi connectivity index (χ1n) is 6.31. The first kappa shape index (κ1) is 11.8. The molecule has 94 valence electrons. The molecule has 2 aromatic carbocycles. The van der Waals surface area contributed by atoms with Crippen molar-refractivity contribution in [3.8, 4) is 11.3 Å². The molecule has 19 heavy (non-hydrogen) atoms. The Morgan fingerprint density at radius 3 is 2.58 bits per heavy atom. The van der Waals surface area contributed by atoms with Gasteiger partial charge in [-0.2, -0.15) is 0 Å². The van der Waals surface area contributed by atoms with Crippen molar-refractivity contribution >= 4 is 10.8 Å². The molecule has 0 amide bonds. The summed E-state index contributed by atoms with van der Waals surface area (Å²) in [5.74, 6) is -0.197. The van der Waals surface area contributed by atoms with E-state index in [1.165, 1.54) is 17.2 Å². The van der Waals surface area contributed by atoms with Crippen LogP contribution in [0, 0.1) is 12.7 Å². The van der Waals surface area contributed by atoms with Gasteiger partial charge in [-0.3, -0.25) is 0 Å². The van der Waals surface area contributed by atoms with E-state index in [9.17, 15) is 4.39 Å². The van der Waals surface area contributed by atoms with Gasteiger partial charge in [0.1, 0.15) is 12.9 Å². The van der Waals surface area contributed by atoms with E-state index in [-0.39, 0.29) is 5.82 Å². The molecule has 0 aliphatic carbocycles. The number of aryl methyl sites for hydroxylation is 2. The molecule has 0 bridgehead atoms. The largest absolute Gasteiger partial charge is 0.220 e. The van der Waals surface area contributed by atoms with Crippen LogP contribution in [-0.2, 0) is 7.05 Å². The van der Waals surface area contributed by atoms with E-state index in [2.05, 4.69) is 23.6 Å². The lowest BCUT2D eigenvalue weighted by molar-refractivity contribution is -0.659. The standard InChI is InChI=1S/C17H15FN/c1-12-5-3-4-6-15(12)17-16-8-7-14(18)11-13(16)9-10-19(17)2/h3-11H,1-2H3/q+1. The van der Waals surface area contributed by atoms with Gasteiger partial charge in [-0.15, -0.1) is 0 Å². The molecule has 3 rings (SSSR count). The van der Waals surface area contributed by atoms with Gasteiger partial charge in [-0.25, -0.2) is 8.96 Å². The maximum atomic E-state index is 13.3. The van der Waals surface area contributed by atoms with Crippen molar-refractivity contribution in [2.24, 2.45) is 7.05 Å². The molecule has 0 radical (unpaired) electrons. The van der Waals surface area contributed by atoms with Gasteiger partial charge in [0.15, 0.2) is 6.20 Å². The van der Waals surface area contributed by atoms with Crippen LogP contribution < -0.4 is 4.57 Å². The summed E-state index contributed by atoms with van der Waals surface area (Å²) in [6, 6.07) is 15.2. The summed E-state index contributed by atoms with van der Waals surface area (Å²) >= 11 is 0. The van der Waals surface area contributed by atoms with Crippen LogP contribution in [0.4, 0.5) is 4.39 Å². The van der Waals surface area contributed by atoms with Gasteiger partial charge < -0.3 is 0 Å². The third-order valence-electron chi connectivity index (χ3n) is 3.50. The van der Waals surface area contributed by atoms with E-state index in [4.69, 9.17) is 0 Å². The van der Waals surface area contributed by atoms with Crippen molar-refractivity contribution in [2.75, 3.05) is 0 Å². The summed E-state index contributed by atoms with van der Waals surface area (Å²) < 4.78 is 15.4. The lowest BCUT2D eigenvalue weighted by atomic mass is 10.00. The minimum atomic E-state index is -0.197. The predicted molar refractivity (Wildman–Crippen MR) is 75.3 cm³/mol. The van der Waals surface area contributed by atoms with Crippen molar-refractivity contribution in [1.29, 1.82) is 0 Å². The summed E-state index contributed by atoms with van der Waals surface area (Å²) in [4.78, 5) is 0. The van der Waals surface area contributed by atoms with Crippen LogP contribution in [-0.4, -0.2) is 0 Å². The van der Waals surface area contributed by atoms with Gasteiger partial charge in [0, 0.05) is 11.6 Å². The van der Waals surface area contributed by atoms with E-state index in [0.29, 0.717) is 0 Å². The molecule has 1 aromatic heterocycles. The highest BCUT2D eigenvalue weighted by Crippen LogP contribution is 2.27. The number of hydrogen-bond donors (Lipinski definition) is 0. The maximum Gasteiger partial charge on any atom is 0.220 e. The molecule has 3 aromatic rings. The number of nitrogens with zero attached hydrogens (tertiary/aromatic N) is 1. The fourth-order valence-corrected chi connectivity index (χ4v) is 2.52. The zero-order chi connectivity index (χ0) is 13.4. The third kappa shape index (κ3) is 1.99. The first-order valence-corrected chi connectivity index (χ1v) is 6.31. The van der Waals surface area contributed by atoms with Crippen LogP contribution in [0.2, 0.25) is 0 Å². The summed E-state index contributed by atoms with van der Waals surface area (Å²) in [6.45, 7) is 2.09. The molecule has 2 heteroatoms. The maximum absolute atomic E-state index is 13.3. The molecule has 1 heterocycles. The quantitative estimate of drug-likeness (QED) is 0.580. The first-order chi connectivity index (χ1) is 9.16. The van der Waals surface area contributed by atoms with Crippen LogP contribution >= 0.6 is 0 Å². The molecule has 0 N–H and O–H groups in total. The fraction of sp³-hybridized carbons (Fsp3) is 0.118. The smallest absolute Gasteiger partial charge is 0.207 e. The summed E-state index contributed by atoms with van der Waals surface area (Å²) in [5, 5.41) is 2.00. The fourth-order valence-electron chi connectivity index (χ4n) is 2.52. The average Bonchev–Trinajstić information content (AvgIpc) is 2.40. The van der Waals surface area contributed by atoms with E-state index in [1.807, 2.05) is 37.5 Å². The molecule has 0 saturated heterocycles. The normalized spacial score (nSPS) is 10.9. The van der Waals surface area contributed by atoms with Gasteiger partial charge in [-0.1, -0.05) is 18.2 Å². The number of pyridine rings is 1. The highest BCUT2D eigenvalue weighted by Gasteiger charge is 2.16. The lowest BCUT2D eigenvalue weighted by Gasteiger charge is -2.07. The Hall–Kier alpha value is -2.22. The molecule has 0 spiro atoms. The van der Waals surface area contributed by atoms with Crippen LogP contribution in [0.1, 0.15) is 5.56 Å². The van der Waals surface area contributed by atoms with E-state index in [0.717, 1.165) is 16.5 Å². The van der Waals surface area contributed by atoms with Gasteiger partial charge in [0.05, 0.1) is 5.39 Å². The van der Waals surface area contributed by atoms with Crippen molar-refractivity contribution in [2.45, 2.75) is 6.92 Å². The Balaban J connectivity index is 2.40. The van der Waals surface area contributed by atoms with Crippen LogP contribution in [0.25, 0.3) is 22.0 Å². The van der Waals surface area contributed by atoms with Crippen LogP contribution in [0.15, 0.2) is 54.7 Å². The zero-order valence-electron chi connectivity index (χ0n) is 11.0. The molecule has 0 unspecified atom stereocenters. The Labute approximate surface area is 111 Å². The topological polar surface area (TPSA) is 3.88 Å². The van der Waals surface area contributed by atoms with Crippen molar-refractivity contribution < 1.29 is 8.96 Å². The average molecular weight is 252 g/mol. The Kier molecular flexibility index (Phi) is 2.79. The monoisotopic (exact) mass is 252 g/mol. The summed E-state index contributed by atoms with van der Waals surface area (Å²) in [7, 11) is 2.02. The molecular formula is C17H15FN+. The zero-order valence-corrected chi connectivity index (χ0v) is 11.0.